The van der Waals surface area contributed by atoms with Gasteiger partial charge >= 0.3 is 0 Å². The van der Waals surface area contributed by atoms with E-state index >= 15 is 0 Å². The maximum Gasteiger partial charge on any atom is 0.187 e. The molecule has 66 heavy (non-hydrogen) atoms. The summed E-state index contributed by atoms with van der Waals surface area (Å²) in [4.78, 5) is 19.3. The molecule has 12 aromatic rings. The molecule has 0 fully saturated rings. The summed E-state index contributed by atoms with van der Waals surface area (Å²) in [6.45, 7) is 7.52. The van der Waals surface area contributed by atoms with Crippen LogP contribution in [0.1, 0.15) is 5.56 Å². The third kappa shape index (κ3) is 6.67. The second-order valence-corrected chi connectivity index (χ2v) is 17.2. The summed E-state index contributed by atoms with van der Waals surface area (Å²) in [5.41, 5.74) is 13.2. The highest BCUT2D eigenvalue weighted by atomic mass is 32.1. The van der Waals surface area contributed by atoms with Crippen LogP contribution in [0, 0.1) is 17.9 Å². The Balaban J connectivity index is 1.15. The highest BCUT2D eigenvalue weighted by molar-refractivity contribution is 7.26. The highest BCUT2D eigenvalue weighted by Gasteiger charge is 2.22. The minimum atomic E-state index is 0.559. The average molecular weight is 859 g/mol. The number of hydrogen-bond donors (Lipinski definition) is 0. The zero-order valence-corrected chi connectivity index (χ0v) is 36.0. The molecule has 3 heterocycles. The van der Waals surface area contributed by atoms with Gasteiger partial charge in [0.15, 0.2) is 23.2 Å². The third-order valence-electron chi connectivity index (χ3n) is 12.3. The molecule has 0 unspecified atom stereocenters. The van der Waals surface area contributed by atoms with Gasteiger partial charge in [0, 0.05) is 47.6 Å². The fourth-order valence-electron chi connectivity index (χ4n) is 9.09. The predicted molar refractivity (Wildman–Crippen MR) is 271 cm³/mol. The molecule has 0 bridgehead atoms. The van der Waals surface area contributed by atoms with Crippen molar-refractivity contribution in [1.29, 1.82) is 5.26 Å². The Kier molecular flexibility index (Phi) is 9.35. The Labute approximate surface area is 384 Å². The first-order valence-electron chi connectivity index (χ1n) is 21.6. The van der Waals surface area contributed by atoms with Crippen LogP contribution in [0.3, 0.4) is 0 Å². The number of nitrogens with zero attached hydrogens (tertiary/aromatic N) is 6. The maximum atomic E-state index is 9.55. The molecule has 0 aliphatic rings. The normalized spacial score (nSPS) is 11.3. The van der Waals surface area contributed by atoms with Crippen LogP contribution in [-0.2, 0) is 0 Å². The molecule has 9 aromatic carbocycles. The van der Waals surface area contributed by atoms with Gasteiger partial charge in [0.1, 0.15) is 0 Å². The van der Waals surface area contributed by atoms with Gasteiger partial charge in [-0.15, -0.1) is 11.3 Å². The molecular weight excluding hydrogens is 825 g/mol. The first-order valence-corrected chi connectivity index (χ1v) is 22.4. The minimum Gasteiger partial charge on any atom is -0.308 e. The average Bonchev–Trinajstić information content (AvgIpc) is 3.94. The van der Waals surface area contributed by atoms with Crippen molar-refractivity contribution in [2.45, 2.75) is 0 Å². The lowest BCUT2D eigenvalue weighted by Gasteiger charge is -2.17. The highest BCUT2D eigenvalue weighted by Crippen LogP contribution is 2.44. The summed E-state index contributed by atoms with van der Waals surface area (Å²) < 4.78 is 4.82. The summed E-state index contributed by atoms with van der Waals surface area (Å²) >= 11 is 1.82. The molecule has 0 aliphatic heterocycles. The molecule has 0 aliphatic carbocycles. The van der Waals surface area contributed by atoms with Crippen LogP contribution < -0.4 is 0 Å². The first-order chi connectivity index (χ1) is 32.6. The number of benzene rings is 9. The van der Waals surface area contributed by atoms with Gasteiger partial charge in [-0.1, -0.05) is 152 Å². The SMILES string of the molecule is [C-]#[N+]c1ccc(-c2ccc3c(c2)c2cc(-c4ccc(C#N)cc4)ccc2n3-c2ccc(-c3cccc4c3sc3ccccc34)cc2-c2nc(-c3ccccc3)nc(-c3ccccc3)n2)cc1. The Bertz CT molecular complexity index is 3760. The van der Waals surface area contributed by atoms with Gasteiger partial charge in [0.25, 0.3) is 0 Å². The zero-order valence-electron chi connectivity index (χ0n) is 35.2. The molecule has 0 amide bonds. The molecule has 306 valence electrons. The van der Waals surface area contributed by atoms with Crippen LogP contribution in [0.25, 0.3) is 120 Å². The van der Waals surface area contributed by atoms with Crippen LogP contribution in [-0.4, -0.2) is 19.5 Å². The fourth-order valence-corrected chi connectivity index (χ4v) is 10.3. The van der Waals surface area contributed by atoms with Crippen molar-refractivity contribution in [1.82, 2.24) is 19.5 Å². The van der Waals surface area contributed by atoms with E-state index in [9.17, 15) is 5.26 Å². The number of thiophene rings is 1. The largest absolute Gasteiger partial charge is 0.308 e. The lowest BCUT2D eigenvalue weighted by atomic mass is 9.99. The van der Waals surface area contributed by atoms with Crippen molar-refractivity contribution in [3.63, 3.8) is 0 Å². The number of rotatable bonds is 7. The van der Waals surface area contributed by atoms with Crippen LogP contribution in [0.4, 0.5) is 5.69 Å². The molecule has 0 radical (unpaired) electrons. The lowest BCUT2D eigenvalue weighted by molar-refractivity contribution is 1.06. The van der Waals surface area contributed by atoms with Gasteiger partial charge in [-0.05, 0) is 88.0 Å². The van der Waals surface area contributed by atoms with E-state index in [1.165, 1.54) is 20.2 Å². The molecule has 6 nitrogen and oxygen atoms in total. The summed E-state index contributed by atoms with van der Waals surface area (Å²) in [5.74, 6) is 1.74. The van der Waals surface area contributed by atoms with Gasteiger partial charge in [0.2, 0.25) is 0 Å². The van der Waals surface area contributed by atoms with E-state index in [-0.39, 0.29) is 0 Å². The smallest absolute Gasteiger partial charge is 0.187 e. The van der Waals surface area contributed by atoms with E-state index in [0.717, 1.165) is 77.6 Å². The van der Waals surface area contributed by atoms with Gasteiger partial charge < -0.3 is 4.57 Å². The molecule has 0 atom stereocenters. The van der Waals surface area contributed by atoms with Gasteiger partial charge in [-0.2, -0.15) is 5.26 Å². The molecule has 12 rings (SSSR count). The van der Waals surface area contributed by atoms with Crippen molar-refractivity contribution < 1.29 is 0 Å². The van der Waals surface area contributed by atoms with Crippen LogP contribution in [0.2, 0.25) is 0 Å². The van der Waals surface area contributed by atoms with Gasteiger partial charge in [-0.3, -0.25) is 0 Å². The molecule has 0 spiro atoms. The first kappa shape index (κ1) is 38.6. The van der Waals surface area contributed by atoms with Crippen molar-refractivity contribution in [2.75, 3.05) is 0 Å². The van der Waals surface area contributed by atoms with Crippen molar-refractivity contribution >= 4 is 59.0 Å². The standard InChI is InChI=1S/C59H34N6S/c1-61-45-28-23-39(24-29-45)43-26-31-53-50(34-43)49-33-42(38-21-19-37(36-60)20-22-38)25-30-52(49)65(53)54-32-27-44(46-16-10-17-48-47-15-8-9-18-55(47)66-56(46)48)35-51(54)59-63-57(40-11-4-2-5-12-40)62-58(64-59)41-13-6-3-7-14-41/h2-35H. The molecule has 7 heteroatoms. The number of aromatic nitrogens is 4. The number of nitriles is 1. The molecule has 0 saturated carbocycles. The van der Waals surface area contributed by atoms with Crippen molar-refractivity contribution in [2.24, 2.45) is 0 Å². The third-order valence-corrected chi connectivity index (χ3v) is 13.6. The Hall–Kier alpha value is -9.01. The monoisotopic (exact) mass is 858 g/mol. The molecule has 0 N–H and O–H groups in total. The summed E-state index contributed by atoms with van der Waals surface area (Å²) in [6.07, 6.45) is 0. The molecular formula is C59H34N6S. The van der Waals surface area contributed by atoms with Gasteiger partial charge in [0.05, 0.1) is 34.9 Å². The van der Waals surface area contributed by atoms with Crippen molar-refractivity contribution in [3.8, 4) is 79.3 Å². The van der Waals surface area contributed by atoms with E-state index in [2.05, 4.69) is 113 Å². The number of fused-ring (bicyclic) bond motifs is 6. The topological polar surface area (TPSA) is 71.8 Å². The summed E-state index contributed by atoms with van der Waals surface area (Å²) in [6, 6.07) is 73.1. The second kappa shape index (κ2) is 16.0. The fraction of sp³-hybridized carbons (Fsp3) is 0. The molecule has 0 saturated heterocycles. The lowest BCUT2D eigenvalue weighted by Crippen LogP contribution is -2.04. The minimum absolute atomic E-state index is 0.559. The summed E-state index contributed by atoms with van der Waals surface area (Å²) in [7, 11) is 0. The number of hydrogen-bond acceptors (Lipinski definition) is 5. The van der Waals surface area contributed by atoms with E-state index in [1.54, 1.807) is 0 Å². The van der Waals surface area contributed by atoms with Crippen LogP contribution in [0.5, 0.6) is 0 Å². The van der Waals surface area contributed by atoms with E-state index < -0.39 is 0 Å². The predicted octanol–water partition coefficient (Wildman–Crippen LogP) is 15.8. The Morgan fingerprint density at radius 1 is 0.439 bits per heavy atom. The van der Waals surface area contributed by atoms with Crippen LogP contribution >= 0.6 is 11.3 Å². The Morgan fingerprint density at radius 3 is 1.61 bits per heavy atom. The summed E-state index contributed by atoms with van der Waals surface area (Å²) in [5, 5.41) is 14.2. The molecule has 3 aromatic heterocycles. The van der Waals surface area contributed by atoms with Crippen LogP contribution in [0.15, 0.2) is 206 Å². The van der Waals surface area contributed by atoms with E-state index in [4.69, 9.17) is 21.5 Å². The maximum absolute atomic E-state index is 9.55. The van der Waals surface area contributed by atoms with E-state index in [0.29, 0.717) is 28.7 Å². The zero-order chi connectivity index (χ0) is 44.1. The van der Waals surface area contributed by atoms with E-state index in [1.807, 2.05) is 121 Å². The Morgan fingerprint density at radius 2 is 0.985 bits per heavy atom. The van der Waals surface area contributed by atoms with Gasteiger partial charge in [-0.25, -0.2) is 19.8 Å². The van der Waals surface area contributed by atoms with Crippen molar-refractivity contribution in [3.05, 3.63) is 223 Å². The second-order valence-electron chi connectivity index (χ2n) is 16.2. The quantitative estimate of drug-likeness (QED) is 0.150.